The lowest BCUT2D eigenvalue weighted by Gasteiger charge is -2.36. The van der Waals surface area contributed by atoms with Gasteiger partial charge in [0.25, 0.3) is 5.91 Å². The molecule has 2 atom stereocenters. The van der Waals surface area contributed by atoms with Gasteiger partial charge in [0.2, 0.25) is 5.91 Å². The van der Waals surface area contributed by atoms with Crippen LogP contribution in [0.15, 0.2) is 35.3 Å². The number of benzene rings is 1. The summed E-state index contributed by atoms with van der Waals surface area (Å²) in [5, 5.41) is 5.84. The van der Waals surface area contributed by atoms with E-state index in [0.717, 1.165) is 12.1 Å². The van der Waals surface area contributed by atoms with Crippen LogP contribution in [0.1, 0.15) is 20.3 Å². The highest BCUT2D eigenvalue weighted by molar-refractivity contribution is 8.14. The Kier molecular flexibility index (Phi) is 6.23. The summed E-state index contributed by atoms with van der Waals surface area (Å²) in [6.07, 6.45) is 0.317. The lowest BCUT2D eigenvalue weighted by Crippen LogP contribution is -2.63. The molecule has 8 nitrogen and oxygen atoms in total. The number of rotatable bonds is 6. The first-order valence-corrected chi connectivity index (χ1v) is 10.2. The van der Waals surface area contributed by atoms with Crippen molar-refractivity contribution in [2.75, 3.05) is 24.7 Å². The number of amides is 4. The summed E-state index contributed by atoms with van der Waals surface area (Å²) < 4.78 is 0. The number of hydrogen-bond donors (Lipinski definition) is 2. The van der Waals surface area contributed by atoms with E-state index in [1.165, 1.54) is 16.7 Å². The van der Waals surface area contributed by atoms with Crippen molar-refractivity contribution in [3.8, 4) is 0 Å². The van der Waals surface area contributed by atoms with Crippen LogP contribution < -0.4 is 10.6 Å². The molecule has 1 saturated heterocycles. The van der Waals surface area contributed by atoms with Gasteiger partial charge in [0.05, 0.1) is 5.75 Å². The molecule has 0 aromatic heterocycles. The maximum atomic E-state index is 12.4. The summed E-state index contributed by atoms with van der Waals surface area (Å²) in [4.78, 5) is 44.6. The average molecular weight is 404 g/mol. The second kappa shape index (κ2) is 8.64. The number of aliphatic imine (C=N–C) groups is 1. The number of carbonyl (C=O) groups is 3. The molecule has 2 unspecified atom stereocenters. The van der Waals surface area contributed by atoms with Crippen molar-refractivity contribution in [3.05, 3.63) is 30.3 Å². The Balaban J connectivity index is 1.70. The van der Waals surface area contributed by atoms with E-state index < -0.39 is 18.2 Å². The van der Waals surface area contributed by atoms with Crippen LogP contribution in [-0.2, 0) is 9.59 Å². The predicted octanol–water partition coefficient (Wildman–Crippen LogP) is 1.95. The highest BCUT2D eigenvalue weighted by atomic mass is 32.2. The maximum absolute atomic E-state index is 12.4. The molecular formula is C19H25N5O3S. The quantitative estimate of drug-likeness (QED) is 0.757. The lowest BCUT2D eigenvalue weighted by molar-refractivity contribution is -0.127. The summed E-state index contributed by atoms with van der Waals surface area (Å²) in [5.41, 5.74) is 0.733. The third-order valence-corrected chi connectivity index (χ3v) is 5.66. The molecule has 28 heavy (non-hydrogen) atoms. The van der Waals surface area contributed by atoms with E-state index in [0.29, 0.717) is 17.6 Å². The smallest absolute Gasteiger partial charge is 0.325 e. The molecule has 2 aliphatic heterocycles. The van der Waals surface area contributed by atoms with Crippen molar-refractivity contribution < 1.29 is 14.4 Å². The molecule has 1 aromatic rings. The van der Waals surface area contributed by atoms with Gasteiger partial charge in [0.15, 0.2) is 17.4 Å². The summed E-state index contributed by atoms with van der Waals surface area (Å²) in [6.45, 7) is 4.86. The van der Waals surface area contributed by atoms with E-state index in [2.05, 4.69) is 29.5 Å². The molecule has 9 heteroatoms. The first kappa shape index (κ1) is 20.2. The van der Waals surface area contributed by atoms with Crippen molar-refractivity contribution in [1.82, 2.24) is 15.1 Å². The monoisotopic (exact) mass is 403 g/mol. The second-order valence-corrected chi connectivity index (χ2v) is 8.20. The number of imide groups is 1. The fourth-order valence-electron chi connectivity index (χ4n) is 3.10. The fraction of sp³-hybridized carbons (Fsp3) is 0.474. The number of urea groups is 1. The molecule has 1 fully saturated rings. The van der Waals surface area contributed by atoms with E-state index in [1.807, 2.05) is 35.2 Å². The molecule has 2 aliphatic rings. The SMILES string of the molecule is CC(C)CCN1C(SCC(=O)Nc2ccccc2)=NC2C1C(=O)NC(=O)N2C. The van der Waals surface area contributed by atoms with Crippen LogP contribution in [-0.4, -0.2) is 64.4 Å². The molecule has 0 spiro atoms. The number of carbonyl (C=O) groups excluding carboxylic acids is 3. The largest absolute Gasteiger partial charge is 0.336 e. The fourth-order valence-corrected chi connectivity index (χ4v) is 3.99. The summed E-state index contributed by atoms with van der Waals surface area (Å²) in [6, 6.07) is 8.23. The third kappa shape index (κ3) is 4.46. The number of thioether (sulfide) groups is 1. The molecule has 0 aliphatic carbocycles. The zero-order valence-electron chi connectivity index (χ0n) is 16.2. The van der Waals surface area contributed by atoms with Crippen molar-refractivity contribution in [1.29, 1.82) is 0 Å². The summed E-state index contributed by atoms with van der Waals surface area (Å²) in [7, 11) is 1.62. The minimum Gasteiger partial charge on any atom is -0.336 e. The van der Waals surface area contributed by atoms with Gasteiger partial charge in [-0.3, -0.25) is 14.9 Å². The molecule has 0 radical (unpaired) electrons. The van der Waals surface area contributed by atoms with Gasteiger partial charge in [-0.25, -0.2) is 9.79 Å². The Hall–Kier alpha value is -2.55. The third-order valence-electron chi connectivity index (χ3n) is 4.66. The highest BCUT2D eigenvalue weighted by Crippen LogP contribution is 2.29. The Morgan fingerprint density at radius 1 is 1.29 bits per heavy atom. The van der Waals surface area contributed by atoms with Gasteiger partial charge in [-0.1, -0.05) is 43.8 Å². The molecule has 3 rings (SSSR count). The molecule has 4 amide bonds. The van der Waals surface area contributed by atoms with Gasteiger partial charge in [-0.05, 0) is 24.5 Å². The van der Waals surface area contributed by atoms with Crippen LogP contribution >= 0.6 is 11.8 Å². The number of nitrogens with zero attached hydrogens (tertiary/aromatic N) is 3. The number of amidine groups is 1. The van der Waals surface area contributed by atoms with Gasteiger partial charge in [0.1, 0.15) is 0 Å². The molecule has 150 valence electrons. The van der Waals surface area contributed by atoms with E-state index in [-0.39, 0.29) is 17.6 Å². The van der Waals surface area contributed by atoms with Crippen molar-refractivity contribution in [2.24, 2.45) is 10.9 Å². The van der Waals surface area contributed by atoms with Gasteiger partial charge < -0.3 is 15.1 Å². The van der Waals surface area contributed by atoms with Crippen LogP contribution in [0.3, 0.4) is 0 Å². The second-order valence-electron chi connectivity index (χ2n) is 7.25. The zero-order chi connectivity index (χ0) is 20.3. The summed E-state index contributed by atoms with van der Waals surface area (Å²) in [5.74, 6) is 0.138. The first-order valence-electron chi connectivity index (χ1n) is 9.26. The summed E-state index contributed by atoms with van der Waals surface area (Å²) >= 11 is 1.29. The van der Waals surface area contributed by atoms with Gasteiger partial charge in [-0.15, -0.1) is 0 Å². The maximum Gasteiger partial charge on any atom is 0.325 e. The molecule has 1 aromatic carbocycles. The molecular weight excluding hydrogens is 378 g/mol. The van der Waals surface area contributed by atoms with E-state index >= 15 is 0 Å². The number of para-hydroxylation sites is 1. The van der Waals surface area contributed by atoms with Crippen LogP contribution in [0, 0.1) is 5.92 Å². The molecule has 2 heterocycles. The van der Waals surface area contributed by atoms with Gasteiger partial charge in [-0.2, -0.15) is 0 Å². The number of anilines is 1. The zero-order valence-corrected chi connectivity index (χ0v) is 17.0. The Labute approximate surface area is 168 Å². The Morgan fingerprint density at radius 3 is 2.68 bits per heavy atom. The minimum absolute atomic E-state index is 0.147. The Bertz CT molecular complexity index is 783. The van der Waals surface area contributed by atoms with Crippen molar-refractivity contribution >= 4 is 40.5 Å². The molecule has 2 N–H and O–H groups in total. The lowest BCUT2D eigenvalue weighted by atomic mass is 10.1. The minimum atomic E-state index is -0.562. The Morgan fingerprint density at radius 2 is 2.00 bits per heavy atom. The highest BCUT2D eigenvalue weighted by Gasteiger charge is 2.48. The van der Waals surface area contributed by atoms with Crippen molar-refractivity contribution in [2.45, 2.75) is 32.5 Å². The van der Waals surface area contributed by atoms with Crippen LogP contribution in [0.2, 0.25) is 0 Å². The number of likely N-dealkylation sites (N-methyl/N-ethyl adjacent to an activating group) is 1. The van der Waals surface area contributed by atoms with Crippen LogP contribution in [0.4, 0.5) is 10.5 Å². The van der Waals surface area contributed by atoms with Crippen LogP contribution in [0.25, 0.3) is 0 Å². The van der Waals surface area contributed by atoms with Crippen molar-refractivity contribution in [3.63, 3.8) is 0 Å². The standard InChI is InChI=1S/C19H25N5O3S/c1-12(2)9-10-24-15-16(23(3)18(27)22-17(15)26)21-19(24)28-11-14(25)20-13-7-5-4-6-8-13/h4-8,12,15-16H,9-11H2,1-3H3,(H,20,25)(H,22,26,27). The average Bonchev–Trinajstić information content (AvgIpc) is 3.03. The molecule has 0 bridgehead atoms. The van der Waals surface area contributed by atoms with E-state index in [9.17, 15) is 14.4 Å². The number of fused-ring (bicyclic) bond motifs is 1. The predicted molar refractivity (Wildman–Crippen MR) is 110 cm³/mol. The van der Waals surface area contributed by atoms with E-state index in [4.69, 9.17) is 0 Å². The van der Waals surface area contributed by atoms with E-state index in [1.54, 1.807) is 7.05 Å². The van der Waals surface area contributed by atoms with Crippen LogP contribution in [0.5, 0.6) is 0 Å². The number of hydrogen-bond acceptors (Lipinski definition) is 6. The topological polar surface area (TPSA) is 94.1 Å². The number of nitrogens with one attached hydrogen (secondary N) is 2. The first-order chi connectivity index (χ1) is 13.4. The normalized spacial score (nSPS) is 21.5. The van der Waals surface area contributed by atoms with Gasteiger partial charge in [0, 0.05) is 19.3 Å². The molecule has 0 saturated carbocycles. The van der Waals surface area contributed by atoms with Gasteiger partial charge >= 0.3 is 6.03 Å².